The molecule has 0 aliphatic carbocycles. The van der Waals surface area contributed by atoms with E-state index in [1.54, 1.807) is 0 Å². The number of hydrogen-bond acceptors (Lipinski definition) is 7. The van der Waals surface area contributed by atoms with Crippen molar-refractivity contribution in [3.63, 3.8) is 0 Å². The summed E-state index contributed by atoms with van der Waals surface area (Å²) in [5, 5.41) is 22.1. The van der Waals surface area contributed by atoms with Crippen LogP contribution in [0, 0.1) is 0 Å². The molecule has 1 rings (SSSR count). The van der Waals surface area contributed by atoms with Gasteiger partial charge in [-0.2, -0.15) is 12.6 Å². The molecule has 0 bridgehead atoms. The molecular formula is C14H22N4O7S. The first kappa shape index (κ1) is 21.7. The largest absolute Gasteiger partial charge is 0.481 e. The molecule has 12 heteroatoms. The number of amides is 3. The van der Waals surface area contributed by atoms with Crippen LogP contribution in [-0.2, 0) is 24.0 Å². The van der Waals surface area contributed by atoms with Gasteiger partial charge >= 0.3 is 11.9 Å². The second-order valence-electron chi connectivity index (χ2n) is 5.69. The molecule has 0 spiro atoms. The number of likely N-dealkylation sites (tertiary alicyclic amines) is 1. The van der Waals surface area contributed by atoms with Gasteiger partial charge in [0, 0.05) is 12.3 Å². The molecule has 0 radical (unpaired) electrons. The third-order valence-electron chi connectivity index (χ3n) is 3.86. The van der Waals surface area contributed by atoms with Crippen LogP contribution < -0.4 is 16.4 Å². The second kappa shape index (κ2) is 9.97. The zero-order chi connectivity index (χ0) is 19.9. The first-order valence-corrected chi connectivity index (χ1v) is 8.50. The molecule has 1 heterocycles. The molecule has 0 saturated carbocycles. The first-order chi connectivity index (χ1) is 12.2. The lowest BCUT2D eigenvalue weighted by Gasteiger charge is -2.26. The fourth-order valence-corrected chi connectivity index (χ4v) is 2.82. The van der Waals surface area contributed by atoms with Gasteiger partial charge in [0.15, 0.2) is 0 Å². The summed E-state index contributed by atoms with van der Waals surface area (Å²) in [6.07, 6.45) is 0.215. The molecule has 146 valence electrons. The number of nitrogens with zero attached hydrogens (tertiary/aromatic N) is 1. The lowest BCUT2D eigenvalue weighted by molar-refractivity contribution is -0.147. The van der Waals surface area contributed by atoms with E-state index < -0.39 is 48.3 Å². The highest BCUT2D eigenvalue weighted by atomic mass is 32.1. The maximum Gasteiger partial charge on any atom is 0.326 e. The van der Waals surface area contributed by atoms with Crippen LogP contribution in [-0.4, -0.2) is 81.7 Å². The van der Waals surface area contributed by atoms with Crippen LogP contribution in [0.4, 0.5) is 0 Å². The molecule has 3 unspecified atom stereocenters. The molecule has 1 aliphatic heterocycles. The van der Waals surface area contributed by atoms with E-state index in [9.17, 15) is 24.0 Å². The van der Waals surface area contributed by atoms with E-state index in [2.05, 4.69) is 23.3 Å². The SMILES string of the molecule is NCC(=O)N1CCCC1C(=O)NC(CS)C(=O)NC(CC(=O)O)C(=O)O. The zero-order valence-corrected chi connectivity index (χ0v) is 14.8. The number of aliphatic carboxylic acids is 2. The van der Waals surface area contributed by atoms with E-state index in [1.165, 1.54) is 4.90 Å². The third-order valence-corrected chi connectivity index (χ3v) is 4.22. The fourth-order valence-electron chi connectivity index (χ4n) is 2.56. The number of rotatable bonds is 9. The van der Waals surface area contributed by atoms with Crippen LogP contribution in [0.15, 0.2) is 0 Å². The minimum atomic E-state index is -1.64. The van der Waals surface area contributed by atoms with Crippen LogP contribution in [0.25, 0.3) is 0 Å². The quantitative estimate of drug-likeness (QED) is 0.232. The van der Waals surface area contributed by atoms with Gasteiger partial charge in [0.05, 0.1) is 13.0 Å². The van der Waals surface area contributed by atoms with E-state index in [-0.39, 0.29) is 18.2 Å². The lowest BCUT2D eigenvalue weighted by Crippen LogP contribution is -2.56. The van der Waals surface area contributed by atoms with Crippen LogP contribution in [0.1, 0.15) is 19.3 Å². The van der Waals surface area contributed by atoms with Crippen LogP contribution in [0.2, 0.25) is 0 Å². The second-order valence-corrected chi connectivity index (χ2v) is 6.06. The van der Waals surface area contributed by atoms with Crippen LogP contribution in [0.5, 0.6) is 0 Å². The molecule has 0 aromatic rings. The highest BCUT2D eigenvalue weighted by Gasteiger charge is 2.35. The smallest absolute Gasteiger partial charge is 0.326 e. The van der Waals surface area contributed by atoms with E-state index in [1.807, 2.05) is 0 Å². The maximum absolute atomic E-state index is 12.4. The van der Waals surface area contributed by atoms with Gasteiger partial charge in [-0.3, -0.25) is 19.2 Å². The minimum Gasteiger partial charge on any atom is -0.481 e. The van der Waals surface area contributed by atoms with Gasteiger partial charge in [0.25, 0.3) is 0 Å². The monoisotopic (exact) mass is 390 g/mol. The summed E-state index contributed by atoms with van der Waals surface area (Å²) in [5.41, 5.74) is 5.31. The molecular weight excluding hydrogens is 368 g/mol. The highest BCUT2D eigenvalue weighted by molar-refractivity contribution is 7.80. The highest BCUT2D eigenvalue weighted by Crippen LogP contribution is 2.17. The van der Waals surface area contributed by atoms with Gasteiger partial charge in [-0.15, -0.1) is 0 Å². The Hall–Kier alpha value is -2.34. The van der Waals surface area contributed by atoms with Crippen molar-refractivity contribution in [2.24, 2.45) is 5.73 Å². The van der Waals surface area contributed by atoms with Crippen molar-refractivity contribution >= 4 is 42.3 Å². The number of nitrogens with one attached hydrogen (secondary N) is 2. The Morgan fingerprint density at radius 1 is 1.15 bits per heavy atom. The average Bonchev–Trinajstić information content (AvgIpc) is 3.07. The van der Waals surface area contributed by atoms with Crippen molar-refractivity contribution in [3.8, 4) is 0 Å². The molecule has 1 saturated heterocycles. The molecule has 1 fully saturated rings. The van der Waals surface area contributed by atoms with Crippen molar-refractivity contribution in [1.82, 2.24) is 15.5 Å². The number of nitrogens with two attached hydrogens (primary N) is 1. The summed E-state index contributed by atoms with van der Waals surface area (Å²) in [5.74, 6) is -4.90. The zero-order valence-electron chi connectivity index (χ0n) is 13.9. The molecule has 11 nitrogen and oxygen atoms in total. The lowest BCUT2D eigenvalue weighted by atomic mass is 10.1. The molecule has 0 aromatic carbocycles. The van der Waals surface area contributed by atoms with Crippen molar-refractivity contribution in [3.05, 3.63) is 0 Å². The number of carbonyl (C=O) groups excluding carboxylic acids is 3. The summed E-state index contributed by atoms with van der Waals surface area (Å²) >= 11 is 3.96. The number of carboxylic acids is 2. The number of carboxylic acid groups (broad SMARTS) is 2. The van der Waals surface area contributed by atoms with Crippen molar-refractivity contribution in [2.45, 2.75) is 37.4 Å². The van der Waals surface area contributed by atoms with Gasteiger partial charge in [0.1, 0.15) is 18.1 Å². The Kier molecular flexibility index (Phi) is 8.32. The standard InChI is InChI=1S/C14H22N4O7S/c15-5-10(19)18-3-1-2-9(18)13(23)17-8(6-26)12(22)16-7(14(24)25)4-11(20)21/h7-9,26H,1-6,15H2,(H,16,22)(H,17,23)(H,20,21)(H,24,25). The first-order valence-electron chi connectivity index (χ1n) is 7.87. The molecule has 1 aliphatic rings. The van der Waals surface area contributed by atoms with Crippen molar-refractivity contribution in [2.75, 3.05) is 18.8 Å². The van der Waals surface area contributed by atoms with Gasteiger partial charge < -0.3 is 31.5 Å². The Bertz CT molecular complexity index is 586. The summed E-state index contributed by atoms with van der Waals surface area (Å²) in [7, 11) is 0. The summed E-state index contributed by atoms with van der Waals surface area (Å²) in [6, 6.07) is -3.59. The minimum absolute atomic E-state index is 0.144. The normalized spacial score (nSPS) is 18.7. The van der Waals surface area contributed by atoms with Gasteiger partial charge in [-0.1, -0.05) is 0 Å². The van der Waals surface area contributed by atoms with Crippen molar-refractivity contribution in [1.29, 1.82) is 0 Å². The molecule has 6 N–H and O–H groups in total. The number of hydrogen-bond donors (Lipinski definition) is 6. The Morgan fingerprint density at radius 3 is 2.31 bits per heavy atom. The Labute approximate surface area is 154 Å². The van der Waals surface area contributed by atoms with E-state index in [0.29, 0.717) is 19.4 Å². The summed E-state index contributed by atoms with van der Waals surface area (Å²) in [4.78, 5) is 59.3. The Morgan fingerprint density at radius 2 is 1.81 bits per heavy atom. The fraction of sp³-hybridized carbons (Fsp3) is 0.643. The predicted octanol–water partition coefficient (Wildman–Crippen LogP) is -2.61. The van der Waals surface area contributed by atoms with E-state index in [0.717, 1.165) is 0 Å². The number of carbonyl (C=O) groups is 5. The number of thiol groups is 1. The van der Waals surface area contributed by atoms with E-state index >= 15 is 0 Å². The summed E-state index contributed by atoms with van der Waals surface area (Å²) in [6.45, 7) is 0.140. The molecule has 3 atom stereocenters. The Balaban J connectivity index is 2.74. The van der Waals surface area contributed by atoms with Crippen molar-refractivity contribution < 1.29 is 34.2 Å². The van der Waals surface area contributed by atoms with Crippen LogP contribution in [0.3, 0.4) is 0 Å². The van der Waals surface area contributed by atoms with Gasteiger partial charge in [-0.25, -0.2) is 4.79 Å². The predicted molar refractivity (Wildman–Crippen MR) is 91.4 cm³/mol. The summed E-state index contributed by atoms with van der Waals surface area (Å²) < 4.78 is 0. The van der Waals surface area contributed by atoms with E-state index in [4.69, 9.17) is 15.9 Å². The van der Waals surface area contributed by atoms with Crippen LogP contribution >= 0.6 is 12.6 Å². The maximum atomic E-state index is 12.4. The molecule has 0 aromatic heterocycles. The average molecular weight is 390 g/mol. The third kappa shape index (κ3) is 5.88. The molecule has 3 amide bonds. The van der Waals surface area contributed by atoms with Gasteiger partial charge in [0.2, 0.25) is 17.7 Å². The molecule has 26 heavy (non-hydrogen) atoms. The van der Waals surface area contributed by atoms with Gasteiger partial charge in [-0.05, 0) is 12.8 Å². The topological polar surface area (TPSA) is 179 Å².